The highest BCUT2D eigenvalue weighted by Gasteiger charge is 2.19. The van der Waals surface area contributed by atoms with Crippen molar-refractivity contribution in [3.63, 3.8) is 0 Å². The first-order chi connectivity index (χ1) is 20.6. The third kappa shape index (κ3) is 7.00. The highest BCUT2D eigenvalue weighted by molar-refractivity contribution is 5.99. The fraction of sp³-hybridized carbons (Fsp3) is 0.229. The van der Waals surface area contributed by atoms with Gasteiger partial charge >= 0.3 is 5.97 Å². The Bertz CT molecular complexity index is 1510. The summed E-state index contributed by atoms with van der Waals surface area (Å²) in [7, 11) is 0. The second-order valence-corrected chi connectivity index (χ2v) is 9.85. The molecule has 1 aliphatic rings. The second-order valence-electron chi connectivity index (χ2n) is 9.85. The molecular formula is C35H35NO6. The van der Waals surface area contributed by atoms with Gasteiger partial charge in [0.25, 0.3) is 0 Å². The van der Waals surface area contributed by atoms with Crippen molar-refractivity contribution in [2.75, 3.05) is 26.5 Å². The van der Waals surface area contributed by atoms with Crippen LogP contribution in [0.1, 0.15) is 47.3 Å². The predicted octanol–water partition coefficient (Wildman–Crippen LogP) is 6.35. The van der Waals surface area contributed by atoms with Gasteiger partial charge in [0.2, 0.25) is 6.79 Å². The normalized spacial score (nSPS) is 13.3. The van der Waals surface area contributed by atoms with E-state index in [-0.39, 0.29) is 13.4 Å². The Morgan fingerprint density at radius 3 is 2.12 bits per heavy atom. The Hall–Kier alpha value is -4.59. The molecule has 0 amide bonds. The van der Waals surface area contributed by atoms with Crippen molar-refractivity contribution in [1.82, 2.24) is 5.32 Å². The number of aliphatic hydroxyl groups is 1. The van der Waals surface area contributed by atoms with Crippen LogP contribution in [0.25, 0.3) is 11.1 Å². The van der Waals surface area contributed by atoms with Crippen molar-refractivity contribution in [3.05, 3.63) is 119 Å². The maximum Gasteiger partial charge on any atom is 0.343 e. The van der Waals surface area contributed by atoms with E-state index in [0.717, 1.165) is 52.3 Å². The van der Waals surface area contributed by atoms with Crippen molar-refractivity contribution < 1.29 is 28.8 Å². The van der Waals surface area contributed by atoms with Crippen molar-refractivity contribution in [1.29, 1.82) is 0 Å². The maximum absolute atomic E-state index is 12.6. The van der Waals surface area contributed by atoms with Crippen LogP contribution in [0.5, 0.6) is 23.0 Å². The monoisotopic (exact) mass is 565 g/mol. The van der Waals surface area contributed by atoms with E-state index in [2.05, 4.69) is 12.2 Å². The molecule has 0 spiro atoms. The smallest absolute Gasteiger partial charge is 0.343 e. The van der Waals surface area contributed by atoms with E-state index in [1.54, 1.807) is 24.3 Å². The van der Waals surface area contributed by atoms with Crippen LogP contribution in [0.3, 0.4) is 0 Å². The zero-order valence-electron chi connectivity index (χ0n) is 23.8. The van der Waals surface area contributed by atoms with Crippen LogP contribution in [-0.4, -0.2) is 43.7 Å². The lowest BCUT2D eigenvalue weighted by atomic mass is 9.88. The zero-order chi connectivity index (χ0) is 29.3. The number of nitrogens with one attached hydrogen (secondary N) is 1. The molecule has 216 valence electrons. The molecule has 7 heteroatoms. The number of aliphatic hydroxyl groups excluding tert-OH is 1. The third-order valence-corrected chi connectivity index (χ3v) is 6.95. The van der Waals surface area contributed by atoms with E-state index >= 15 is 0 Å². The average Bonchev–Trinajstić information content (AvgIpc) is 3.51. The third-order valence-electron chi connectivity index (χ3n) is 6.95. The molecule has 0 radical (unpaired) electrons. The number of ether oxygens (including phenoxy) is 4. The largest absolute Gasteiger partial charge is 0.491 e. The molecule has 7 nitrogen and oxygen atoms in total. The molecule has 4 aromatic carbocycles. The van der Waals surface area contributed by atoms with Gasteiger partial charge in [0.05, 0.1) is 5.56 Å². The molecule has 1 atom stereocenters. The van der Waals surface area contributed by atoms with Crippen LogP contribution < -0.4 is 24.3 Å². The Morgan fingerprint density at radius 2 is 1.45 bits per heavy atom. The van der Waals surface area contributed by atoms with Gasteiger partial charge in [0.15, 0.2) is 11.5 Å². The quantitative estimate of drug-likeness (QED) is 0.118. The van der Waals surface area contributed by atoms with E-state index in [1.165, 1.54) is 0 Å². The molecule has 5 rings (SSSR count). The number of fused-ring (bicyclic) bond motifs is 1. The van der Waals surface area contributed by atoms with E-state index in [4.69, 9.17) is 18.9 Å². The van der Waals surface area contributed by atoms with Crippen molar-refractivity contribution >= 4 is 17.1 Å². The topological polar surface area (TPSA) is 86.2 Å². The number of likely N-dealkylation sites (N-methyl/N-ethyl adjacent to an activating group) is 1. The fourth-order valence-corrected chi connectivity index (χ4v) is 4.83. The van der Waals surface area contributed by atoms with Gasteiger partial charge in [-0.3, -0.25) is 0 Å². The summed E-state index contributed by atoms with van der Waals surface area (Å²) in [5, 5.41) is 13.2. The number of esters is 1. The van der Waals surface area contributed by atoms with E-state index in [0.29, 0.717) is 23.6 Å². The van der Waals surface area contributed by atoms with Crippen molar-refractivity contribution in [3.8, 4) is 23.0 Å². The molecular weight excluding hydrogens is 530 g/mol. The highest BCUT2D eigenvalue weighted by Crippen LogP contribution is 2.40. The summed E-state index contributed by atoms with van der Waals surface area (Å²) in [5.74, 6) is 2.20. The van der Waals surface area contributed by atoms with E-state index < -0.39 is 12.1 Å². The Labute approximate surface area is 246 Å². The Balaban J connectivity index is 1.46. The van der Waals surface area contributed by atoms with Gasteiger partial charge in [-0.15, -0.1) is 0 Å². The lowest BCUT2D eigenvalue weighted by Gasteiger charge is -2.18. The molecule has 42 heavy (non-hydrogen) atoms. The first kappa shape index (κ1) is 28.9. The lowest BCUT2D eigenvalue weighted by Crippen LogP contribution is -2.31. The molecule has 4 aromatic rings. The highest BCUT2D eigenvalue weighted by atomic mass is 16.7. The van der Waals surface area contributed by atoms with Gasteiger partial charge < -0.3 is 29.4 Å². The predicted molar refractivity (Wildman–Crippen MR) is 163 cm³/mol. The van der Waals surface area contributed by atoms with Crippen LogP contribution in [0, 0.1) is 0 Å². The van der Waals surface area contributed by atoms with Crippen LogP contribution in [0.4, 0.5) is 0 Å². The molecule has 0 aliphatic carbocycles. The summed E-state index contributed by atoms with van der Waals surface area (Å²) < 4.78 is 22.7. The van der Waals surface area contributed by atoms with Crippen LogP contribution in [0.15, 0.2) is 97.1 Å². The summed E-state index contributed by atoms with van der Waals surface area (Å²) in [6, 6.07) is 30.4. The van der Waals surface area contributed by atoms with E-state index in [9.17, 15) is 9.90 Å². The van der Waals surface area contributed by atoms with Gasteiger partial charge in [0, 0.05) is 6.54 Å². The molecule has 0 saturated heterocycles. The summed E-state index contributed by atoms with van der Waals surface area (Å²) >= 11 is 0. The van der Waals surface area contributed by atoms with Crippen molar-refractivity contribution in [2.45, 2.75) is 26.4 Å². The number of hydrogen-bond acceptors (Lipinski definition) is 7. The van der Waals surface area contributed by atoms with Gasteiger partial charge in [-0.05, 0) is 89.3 Å². The number of carbonyl (C=O) groups is 1. The summed E-state index contributed by atoms with van der Waals surface area (Å²) in [5.41, 5.74) is 5.66. The first-order valence-electron chi connectivity index (χ1n) is 14.2. The van der Waals surface area contributed by atoms with Gasteiger partial charge in [-0.1, -0.05) is 62.4 Å². The first-order valence-corrected chi connectivity index (χ1v) is 14.2. The standard InChI is InChI=1S/C35H35NO6/c1-3-31(27-14-19-32-33(20-27)41-23-40-32)34(24-10-15-29(16-11-24)39-22-28(37)21-36-4-2)25-12-17-30(18-13-25)42-35(38)26-8-6-5-7-9-26/h5-20,28,36-37H,3-4,21-23H2,1-2H3. The fourth-order valence-electron chi connectivity index (χ4n) is 4.83. The number of allylic oxidation sites excluding steroid dienone is 1. The lowest BCUT2D eigenvalue weighted by molar-refractivity contribution is 0.0734. The zero-order valence-corrected chi connectivity index (χ0v) is 23.8. The molecule has 2 N–H and O–H groups in total. The van der Waals surface area contributed by atoms with Gasteiger partial charge in [-0.25, -0.2) is 4.79 Å². The Kier molecular flexibility index (Phi) is 9.54. The van der Waals surface area contributed by atoms with E-state index in [1.807, 2.05) is 79.7 Å². The Morgan fingerprint density at radius 1 is 0.810 bits per heavy atom. The minimum absolute atomic E-state index is 0.204. The minimum Gasteiger partial charge on any atom is -0.491 e. The van der Waals surface area contributed by atoms with Crippen LogP contribution in [-0.2, 0) is 0 Å². The number of carbonyl (C=O) groups excluding carboxylic acids is 1. The number of hydrogen-bond donors (Lipinski definition) is 2. The second kappa shape index (κ2) is 13.9. The number of benzene rings is 4. The summed E-state index contributed by atoms with van der Waals surface area (Å²) in [4.78, 5) is 12.6. The van der Waals surface area contributed by atoms with Crippen LogP contribution >= 0.6 is 0 Å². The molecule has 0 aromatic heterocycles. The molecule has 1 unspecified atom stereocenters. The van der Waals surface area contributed by atoms with Gasteiger partial charge in [-0.2, -0.15) is 0 Å². The molecule has 0 saturated carbocycles. The average molecular weight is 566 g/mol. The number of rotatable bonds is 12. The SMILES string of the molecule is CCNCC(O)COc1ccc(C(=C(CC)c2ccc3c(c2)OCO3)c2ccc(OC(=O)c3ccccc3)cc2)cc1. The molecule has 0 bridgehead atoms. The van der Waals surface area contributed by atoms with Crippen LogP contribution in [0.2, 0.25) is 0 Å². The summed E-state index contributed by atoms with van der Waals surface area (Å²) in [6.07, 6.45) is 0.168. The summed E-state index contributed by atoms with van der Waals surface area (Å²) in [6.45, 7) is 5.81. The molecule has 0 fully saturated rings. The molecule has 1 aliphatic heterocycles. The minimum atomic E-state index is -0.590. The van der Waals surface area contributed by atoms with Crippen molar-refractivity contribution in [2.24, 2.45) is 0 Å². The molecule has 1 heterocycles. The van der Waals surface area contributed by atoms with Gasteiger partial charge in [0.1, 0.15) is 24.2 Å². The maximum atomic E-state index is 12.6.